The van der Waals surface area contributed by atoms with Gasteiger partial charge in [-0.25, -0.2) is 19.0 Å². The molecule has 0 saturated carbocycles. The minimum Gasteiger partial charge on any atom is -0.465 e. The molecule has 4 aromatic rings. The van der Waals surface area contributed by atoms with Gasteiger partial charge in [-0.15, -0.1) is 0 Å². The van der Waals surface area contributed by atoms with Crippen molar-refractivity contribution in [3.05, 3.63) is 52.0 Å². The number of esters is 1. The number of hydrogen-bond donors (Lipinski definition) is 0. The third kappa shape index (κ3) is 3.67. The SMILES string of the molecule is COC(=O)c1cc2nc(C(C)(C)C)n(-c3cc(N4CCOCC4)c4c(c3)n(C)c(=O)n4C)c2cc1F. The lowest BCUT2D eigenvalue weighted by molar-refractivity contribution is 0.0595. The number of carbonyl (C=O) groups excluding carboxylic acids is 1. The summed E-state index contributed by atoms with van der Waals surface area (Å²) in [5, 5.41) is 0. The van der Waals surface area contributed by atoms with E-state index in [0.717, 1.165) is 22.4 Å². The lowest BCUT2D eigenvalue weighted by atomic mass is 9.95. The maximum Gasteiger partial charge on any atom is 0.340 e. The summed E-state index contributed by atoms with van der Waals surface area (Å²) in [6.07, 6.45) is 0. The lowest BCUT2D eigenvalue weighted by Gasteiger charge is -2.30. The zero-order chi connectivity index (χ0) is 25.9. The average molecular weight is 496 g/mol. The van der Waals surface area contributed by atoms with Crippen molar-refractivity contribution in [2.24, 2.45) is 14.1 Å². The molecular formula is C26H30FN5O4. The summed E-state index contributed by atoms with van der Waals surface area (Å²) in [6, 6.07) is 6.72. The molecule has 1 aliphatic heterocycles. The third-order valence-electron chi connectivity index (χ3n) is 6.75. The first-order valence-electron chi connectivity index (χ1n) is 11.9. The Balaban J connectivity index is 1.86. The molecule has 0 amide bonds. The first-order chi connectivity index (χ1) is 17.0. The van der Waals surface area contributed by atoms with Gasteiger partial charge in [-0.2, -0.15) is 0 Å². The number of benzene rings is 2. The van der Waals surface area contributed by atoms with Crippen LogP contribution in [0.25, 0.3) is 27.8 Å². The molecule has 36 heavy (non-hydrogen) atoms. The van der Waals surface area contributed by atoms with Crippen molar-refractivity contribution >= 4 is 33.7 Å². The van der Waals surface area contributed by atoms with Crippen LogP contribution in [0.2, 0.25) is 0 Å². The van der Waals surface area contributed by atoms with E-state index in [0.29, 0.717) is 43.2 Å². The molecule has 0 atom stereocenters. The monoisotopic (exact) mass is 495 g/mol. The first kappa shape index (κ1) is 24.1. The predicted molar refractivity (Wildman–Crippen MR) is 136 cm³/mol. The molecule has 0 unspecified atom stereocenters. The highest BCUT2D eigenvalue weighted by atomic mass is 19.1. The van der Waals surface area contributed by atoms with Gasteiger partial charge in [0.25, 0.3) is 0 Å². The quantitative estimate of drug-likeness (QED) is 0.406. The Hall–Kier alpha value is -3.66. The molecule has 0 radical (unpaired) electrons. The third-order valence-corrected chi connectivity index (χ3v) is 6.75. The molecule has 1 saturated heterocycles. The van der Waals surface area contributed by atoms with E-state index in [1.165, 1.54) is 19.2 Å². The summed E-state index contributed by atoms with van der Waals surface area (Å²) < 4.78 is 30.6. The number of ether oxygens (including phenoxy) is 2. The number of imidazole rings is 2. The number of aromatic nitrogens is 4. The van der Waals surface area contributed by atoms with E-state index < -0.39 is 17.2 Å². The van der Waals surface area contributed by atoms with Crippen molar-refractivity contribution in [2.45, 2.75) is 26.2 Å². The van der Waals surface area contributed by atoms with Crippen molar-refractivity contribution < 1.29 is 18.7 Å². The highest BCUT2D eigenvalue weighted by molar-refractivity contribution is 5.96. The van der Waals surface area contributed by atoms with Crippen LogP contribution in [0.15, 0.2) is 29.1 Å². The number of fused-ring (bicyclic) bond motifs is 2. The Morgan fingerprint density at radius 3 is 2.39 bits per heavy atom. The van der Waals surface area contributed by atoms with Crippen molar-refractivity contribution in [2.75, 3.05) is 38.3 Å². The van der Waals surface area contributed by atoms with Gasteiger partial charge >= 0.3 is 11.7 Å². The summed E-state index contributed by atoms with van der Waals surface area (Å²) in [5.74, 6) is -0.735. The second kappa shape index (κ2) is 8.48. The van der Waals surface area contributed by atoms with E-state index in [2.05, 4.69) is 4.90 Å². The van der Waals surface area contributed by atoms with Crippen LogP contribution in [0, 0.1) is 5.82 Å². The molecule has 1 fully saturated rings. The van der Waals surface area contributed by atoms with Crippen LogP contribution in [0.1, 0.15) is 37.0 Å². The average Bonchev–Trinajstić information content (AvgIpc) is 3.34. The molecular weight excluding hydrogens is 465 g/mol. The maximum absolute atomic E-state index is 15.1. The standard InChI is InChI=1S/C26H30FN5O4/c1-26(2,3)24-28-18-13-16(23(33)35-6)17(27)14-19(18)32(24)15-11-20-22(30(5)25(34)29(20)4)21(12-15)31-7-9-36-10-8-31/h11-14H,7-10H2,1-6H3. The van der Waals surface area contributed by atoms with Crippen LogP contribution in [-0.2, 0) is 29.0 Å². The van der Waals surface area contributed by atoms with Gasteiger partial charge in [-0.1, -0.05) is 20.8 Å². The van der Waals surface area contributed by atoms with Gasteiger partial charge < -0.3 is 14.4 Å². The van der Waals surface area contributed by atoms with Crippen molar-refractivity contribution in [3.8, 4) is 5.69 Å². The molecule has 3 heterocycles. The van der Waals surface area contributed by atoms with E-state index in [-0.39, 0.29) is 11.3 Å². The fraction of sp³-hybridized carbons (Fsp3) is 0.423. The number of methoxy groups -OCH3 is 1. The molecule has 190 valence electrons. The second-order valence-electron chi connectivity index (χ2n) is 10.2. The smallest absolute Gasteiger partial charge is 0.340 e. The molecule has 10 heteroatoms. The Morgan fingerprint density at radius 2 is 1.75 bits per heavy atom. The predicted octanol–water partition coefficient (Wildman–Crippen LogP) is 3.28. The van der Waals surface area contributed by atoms with Crippen LogP contribution in [-0.4, -0.2) is 58.1 Å². The van der Waals surface area contributed by atoms with Gasteiger partial charge in [-0.05, 0) is 18.2 Å². The fourth-order valence-corrected chi connectivity index (χ4v) is 4.92. The maximum atomic E-state index is 15.1. The summed E-state index contributed by atoms with van der Waals surface area (Å²) in [6.45, 7) is 8.65. The van der Waals surface area contributed by atoms with E-state index in [1.807, 2.05) is 37.5 Å². The van der Waals surface area contributed by atoms with Gasteiger partial charge in [-0.3, -0.25) is 13.7 Å². The minimum atomic E-state index is -0.753. The Bertz CT molecular complexity index is 1570. The van der Waals surface area contributed by atoms with E-state index in [4.69, 9.17) is 14.5 Å². The summed E-state index contributed by atoms with van der Waals surface area (Å²) in [7, 11) is 4.74. The minimum absolute atomic E-state index is 0.128. The largest absolute Gasteiger partial charge is 0.465 e. The van der Waals surface area contributed by atoms with Crippen LogP contribution in [0.5, 0.6) is 0 Å². The van der Waals surface area contributed by atoms with Crippen LogP contribution >= 0.6 is 0 Å². The zero-order valence-corrected chi connectivity index (χ0v) is 21.4. The first-order valence-corrected chi connectivity index (χ1v) is 11.9. The highest BCUT2D eigenvalue weighted by Gasteiger charge is 2.28. The van der Waals surface area contributed by atoms with Crippen LogP contribution in [0.4, 0.5) is 10.1 Å². The second-order valence-corrected chi connectivity index (χ2v) is 10.2. The molecule has 0 spiro atoms. The van der Waals surface area contributed by atoms with Gasteiger partial charge in [0, 0.05) is 38.7 Å². The number of rotatable bonds is 3. The molecule has 0 bridgehead atoms. The van der Waals surface area contributed by atoms with E-state index in [1.54, 1.807) is 23.2 Å². The number of aryl methyl sites for hydroxylation is 2. The Labute approximate surface area is 207 Å². The van der Waals surface area contributed by atoms with Gasteiger partial charge in [0.2, 0.25) is 0 Å². The molecule has 0 aliphatic carbocycles. The topological polar surface area (TPSA) is 83.5 Å². The van der Waals surface area contributed by atoms with Crippen LogP contribution < -0.4 is 10.6 Å². The van der Waals surface area contributed by atoms with Gasteiger partial charge in [0.15, 0.2) is 0 Å². The lowest BCUT2D eigenvalue weighted by Crippen LogP contribution is -2.36. The van der Waals surface area contributed by atoms with E-state index >= 15 is 4.39 Å². The number of carbonyl (C=O) groups is 1. The number of halogens is 1. The fourth-order valence-electron chi connectivity index (χ4n) is 4.92. The van der Waals surface area contributed by atoms with Gasteiger partial charge in [0.05, 0.1) is 59.3 Å². The normalized spacial score (nSPS) is 14.7. The van der Waals surface area contributed by atoms with Crippen molar-refractivity contribution in [1.82, 2.24) is 18.7 Å². The van der Waals surface area contributed by atoms with Crippen molar-refractivity contribution in [3.63, 3.8) is 0 Å². The zero-order valence-electron chi connectivity index (χ0n) is 21.4. The molecule has 1 aliphatic rings. The number of anilines is 1. The number of hydrogen-bond acceptors (Lipinski definition) is 6. The van der Waals surface area contributed by atoms with Crippen molar-refractivity contribution in [1.29, 1.82) is 0 Å². The van der Waals surface area contributed by atoms with Crippen LogP contribution in [0.3, 0.4) is 0 Å². The molecule has 9 nitrogen and oxygen atoms in total. The summed E-state index contributed by atoms with van der Waals surface area (Å²) in [5.41, 5.74) is 3.56. The van der Waals surface area contributed by atoms with Gasteiger partial charge in [0.1, 0.15) is 11.6 Å². The summed E-state index contributed by atoms with van der Waals surface area (Å²) >= 11 is 0. The number of nitrogens with zero attached hydrogens (tertiary/aromatic N) is 5. The highest BCUT2D eigenvalue weighted by Crippen LogP contribution is 2.35. The molecule has 5 rings (SSSR count). The molecule has 0 N–H and O–H groups in total. The van der Waals surface area contributed by atoms with E-state index in [9.17, 15) is 9.59 Å². The Morgan fingerprint density at radius 1 is 1.06 bits per heavy atom. The Kier molecular flexibility index (Phi) is 5.66. The molecule has 2 aromatic heterocycles. The molecule has 2 aromatic carbocycles. The summed E-state index contributed by atoms with van der Waals surface area (Å²) in [4.78, 5) is 32.1. The number of morpholine rings is 1.